The molecule has 4 heteroatoms. The predicted molar refractivity (Wildman–Crippen MR) is 67.9 cm³/mol. The summed E-state index contributed by atoms with van der Waals surface area (Å²) in [6, 6.07) is 11.2. The Morgan fingerprint density at radius 2 is 2.12 bits per heavy atom. The van der Waals surface area contributed by atoms with E-state index in [4.69, 9.17) is 10.00 Å². The molecule has 0 N–H and O–H groups in total. The van der Waals surface area contributed by atoms with E-state index < -0.39 is 0 Å². The van der Waals surface area contributed by atoms with Crippen molar-refractivity contribution in [1.82, 2.24) is 4.98 Å². The fraction of sp³-hybridized carbons (Fsp3) is 0.0769. The Morgan fingerprint density at radius 3 is 2.76 bits per heavy atom. The van der Waals surface area contributed by atoms with Gasteiger partial charge in [-0.15, -0.1) is 0 Å². The van der Waals surface area contributed by atoms with Crippen LogP contribution >= 0.6 is 15.9 Å². The molecule has 0 fully saturated rings. The lowest BCUT2D eigenvalue weighted by molar-refractivity contribution is 0.478. The van der Waals surface area contributed by atoms with Crippen LogP contribution in [0.15, 0.2) is 41.0 Å². The first-order valence-corrected chi connectivity index (χ1v) is 5.79. The molecule has 0 aliphatic rings. The minimum Gasteiger partial charge on any atom is -0.454 e. The van der Waals surface area contributed by atoms with Gasteiger partial charge in [0.05, 0.1) is 6.20 Å². The lowest BCUT2D eigenvalue weighted by Gasteiger charge is -2.07. The van der Waals surface area contributed by atoms with Crippen LogP contribution in [-0.2, 0) is 0 Å². The summed E-state index contributed by atoms with van der Waals surface area (Å²) in [5, 5.41) is 9.05. The van der Waals surface area contributed by atoms with Gasteiger partial charge in [-0.25, -0.2) is 0 Å². The molecule has 0 saturated carbocycles. The van der Waals surface area contributed by atoms with Crippen LogP contribution in [0, 0.1) is 18.3 Å². The van der Waals surface area contributed by atoms with E-state index in [1.807, 2.05) is 25.1 Å². The van der Waals surface area contributed by atoms with Gasteiger partial charge in [-0.05, 0) is 47.1 Å². The van der Waals surface area contributed by atoms with Crippen LogP contribution < -0.4 is 4.74 Å². The third kappa shape index (κ3) is 2.63. The molecular weight excluding hydrogens is 280 g/mol. The normalized spacial score (nSPS) is 9.71. The number of pyridine rings is 1. The average Bonchev–Trinajstić information content (AvgIpc) is 2.32. The van der Waals surface area contributed by atoms with E-state index in [0.717, 1.165) is 10.2 Å². The molecular formula is C13H9BrN2O. The molecule has 2 rings (SSSR count). The minimum atomic E-state index is 0.480. The lowest BCUT2D eigenvalue weighted by atomic mass is 10.2. The van der Waals surface area contributed by atoms with Crippen LogP contribution in [0.3, 0.4) is 0 Å². The number of benzene rings is 1. The highest BCUT2D eigenvalue weighted by atomic mass is 79.9. The molecule has 0 spiro atoms. The first-order valence-electron chi connectivity index (χ1n) is 5.00. The van der Waals surface area contributed by atoms with E-state index in [9.17, 15) is 0 Å². The average molecular weight is 289 g/mol. The topological polar surface area (TPSA) is 45.9 Å². The van der Waals surface area contributed by atoms with E-state index in [1.54, 1.807) is 18.3 Å². The summed E-state index contributed by atoms with van der Waals surface area (Å²) in [7, 11) is 0. The van der Waals surface area contributed by atoms with Gasteiger partial charge in [0.2, 0.25) is 0 Å². The van der Waals surface area contributed by atoms with Gasteiger partial charge in [-0.2, -0.15) is 5.26 Å². The van der Waals surface area contributed by atoms with Crippen LogP contribution in [0.2, 0.25) is 0 Å². The number of aromatic nitrogens is 1. The summed E-state index contributed by atoms with van der Waals surface area (Å²) >= 11 is 3.31. The number of halogens is 1. The Balaban J connectivity index is 2.34. The molecule has 0 bridgehead atoms. The number of hydrogen-bond donors (Lipinski definition) is 0. The summed E-state index contributed by atoms with van der Waals surface area (Å²) in [4.78, 5) is 4.13. The molecule has 0 radical (unpaired) electrons. The molecule has 17 heavy (non-hydrogen) atoms. The van der Waals surface area contributed by atoms with Crippen molar-refractivity contribution in [2.24, 2.45) is 0 Å². The maximum absolute atomic E-state index is 9.05. The van der Waals surface area contributed by atoms with Crippen molar-refractivity contribution < 1.29 is 4.74 Å². The third-order valence-corrected chi connectivity index (χ3v) is 2.86. The van der Waals surface area contributed by atoms with Crippen molar-refractivity contribution >= 4 is 15.9 Å². The summed E-state index contributed by atoms with van der Waals surface area (Å²) in [6.07, 6.45) is 1.64. The highest BCUT2D eigenvalue weighted by Crippen LogP contribution is 2.29. The smallest absolute Gasteiger partial charge is 0.146 e. The Morgan fingerprint density at radius 1 is 1.29 bits per heavy atom. The number of ether oxygens (including phenoxy) is 1. The van der Waals surface area contributed by atoms with Crippen LogP contribution in [-0.4, -0.2) is 4.98 Å². The molecule has 0 atom stereocenters. The molecule has 0 unspecified atom stereocenters. The molecule has 1 aromatic heterocycles. The van der Waals surface area contributed by atoms with Crippen LogP contribution in [0.25, 0.3) is 0 Å². The largest absolute Gasteiger partial charge is 0.454 e. The quantitative estimate of drug-likeness (QED) is 0.844. The Bertz CT molecular complexity index is 573. The SMILES string of the molecule is Cc1ccc(Oc2cccc(Br)c2C#N)cn1. The van der Waals surface area contributed by atoms with Gasteiger partial charge in [0.1, 0.15) is 23.1 Å². The van der Waals surface area contributed by atoms with E-state index in [-0.39, 0.29) is 0 Å². The zero-order chi connectivity index (χ0) is 12.3. The van der Waals surface area contributed by atoms with E-state index in [1.165, 1.54) is 0 Å². The highest BCUT2D eigenvalue weighted by molar-refractivity contribution is 9.10. The van der Waals surface area contributed by atoms with Gasteiger partial charge in [0.25, 0.3) is 0 Å². The fourth-order valence-electron chi connectivity index (χ4n) is 1.34. The number of rotatable bonds is 2. The van der Waals surface area contributed by atoms with Gasteiger partial charge in [-0.3, -0.25) is 4.98 Å². The second-order valence-electron chi connectivity index (χ2n) is 3.46. The van der Waals surface area contributed by atoms with Crippen LogP contribution in [0.1, 0.15) is 11.3 Å². The van der Waals surface area contributed by atoms with Crippen molar-refractivity contribution in [2.75, 3.05) is 0 Å². The van der Waals surface area contributed by atoms with E-state index in [0.29, 0.717) is 17.1 Å². The molecule has 0 aliphatic carbocycles. The Kier molecular flexibility index (Phi) is 3.40. The zero-order valence-electron chi connectivity index (χ0n) is 9.14. The predicted octanol–water partition coefficient (Wildman–Crippen LogP) is 3.82. The second-order valence-corrected chi connectivity index (χ2v) is 4.32. The molecule has 3 nitrogen and oxygen atoms in total. The van der Waals surface area contributed by atoms with E-state index in [2.05, 4.69) is 27.0 Å². The maximum Gasteiger partial charge on any atom is 0.146 e. The van der Waals surface area contributed by atoms with Crippen LogP contribution in [0.5, 0.6) is 11.5 Å². The van der Waals surface area contributed by atoms with Gasteiger partial charge in [0, 0.05) is 10.2 Å². The van der Waals surface area contributed by atoms with Gasteiger partial charge in [-0.1, -0.05) is 6.07 Å². The second kappa shape index (κ2) is 4.98. The molecule has 2 aromatic rings. The number of aryl methyl sites for hydroxylation is 1. The summed E-state index contributed by atoms with van der Waals surface area (Å²) in [5.41, 5.74) is 1.40. The molecule has 1 heterocycles. The van der Waals surface area contributed by atoms with Crippen molar-refractivity contribution in [1.29, 1.82) is 5.26 Å². The minimum absolute atomic E-state index is 0.480. The Labute approximate surface area is 108 Å². The maximum atomic E-state index is 9.05. The highest BCUT2D eigenvalue weighted by Gasteiger charge is 2.08. The van der Waals surface area contributed by atoms with Gasteiger partial charge >= 0.3 is 0 Å². The zero-order valence-corrected chi connectivity index (χ0v) is 10.7. The summed E-state index contributed by atoms with van der Waals surface area (Å²) in [6.45, 7) is 1.91. The standard InChI is InChI=1S/C13H9BrN2O/c1-9-5-6-10(8-16-9)17-13-4-2-3-12(14)11(13)7-15/h2-6,8H,1H3. The van der Waals surface area contributed by atoms with E-state index >= 15 is 0 Å². The molecule has 1 aromatic carbocycles. The monoisotopic (exact) mass is 288 g/mol. The molecule has 0 aliphatic heterocycles. The van der Waals surface area contributed by atoms with Crippen molar-refractivity contribution in [3.05, 3.63) is 52.3 Å². The lowest BCUT2D eigenvalue weighted by Crippen LogP contribution is -1.90. The Hall–Kier alpha value is -1.86. The molecule has 0 amide bonds. The summed E-state index contributed by atoms with van der Waals surface area (Å²) in [5.74, 6) is 1.14. The number of nitriles is 1. The number of nitrogens with zero attached hydrogens (tertiary/aromatic N) is 2. The summed E-state index contributed by atoms with van der Waals surface area (Å²) < 4.78 is 6.34. The number of hydrogen-bond acceptors (Lipinski definition) is 3. The van der Waals surface area contributed by atoms with Gasteiger partial charge < -0.3 is 4.74 Å². The first-order chi connectivity index (χ1) is 8.20. The van der Waals surface area contributed by atoms with Crippen molar-refractivity contribution in [3.63, 3.8) is 0 Å². The first kappa shape index (κ1) is 11.6. The van der Waals surface area contributed by atoms with Crippen LogP contribution in [0.4, 0.5) is 0 Å². The van der Waals surface area contributed by atoms with Crippen molar-refractivity contribution in [3.8, 4) is 17.6 Å². The fourth-order valence-corrected chi connectivity index (χ4v) is 1.78. The van der Waals surface area contributed by atoms with Crippen molar-refractivity contribution in [2.45, 2.75) is 6.92 Å². The van der Waals surface area contributed by atoms with Gasteiger partial charge in [0.15, 0.2) is 0 Å². The molecule has 0 saturated heterocycles. The third-order valence-electron chi connectivity index (χ3n) is 2.20. The molecule has 84 valence electrons.